The van der Waals surface area contributed by atoms with Gasteiger partial charge in [-0.05, 0) is 89.3 Å². The van der Waals surface area contributed by atoms with Gasteiger partial charge in [0.1, 0.15) is 11.3 Å². The van der Waals surface area contributed by atoms with Gasteiger partial charge in [-0.15, -0.1) is 0 Å². The highest BCUT2D eigenvalue weighted by Gasteiger charge is 2.52. The van der Waals surface area contributed by atoms with Crippen molar-refractivity contribution >= 4 is 12.1 Å². The van der Waals surface area contributed by atoms with E-state index >= 15 is 0 Å². The highest BCUT2D eigenvalue weighted by atomic mass is 16.6. The van der Waals surface area contributed by atoms with E-state index in [0.717, 1.165) is 18.4 Å². The third-order valence-corrected chi connectivity index (χ3v) is 7.94. The maximum Gasteiger partial charge on any atom is 0.412 e. The second-order valence-corrected chi connectivity index (χ2v) is 13.6. The van der Waals surface area contributed by atoms with Crippen molar-refractivity contribution in [2.75, 3.05) is 27.4 Å². The topological polar surface area (TPSA) is 104 Å². The summed E-state index contributed by atoms with van der Waals surface area (Å²) in [6.07, 6.45) is 1.56. The normalized spacial score (nSPS) is 20.1. The molecule has 42 heavy (non-hydrogen) atoms. The third-order valence-electron chi connectivity index (χ3n) is 7.94. The number of carboxylic acids is 1. The fraction of sp³-hybridized carbons (Fsp3) is 0.758. The summed E-state index contributed by atoms with van der Waals surface area (Å²) in [7, 11) is 3.30. The second kappa shape index (κ2) is 15.3. The van der Waals surface area contributed by atoms with Crippen molar-refractivity contribution in [3.05, 3.63) is 23.8 Å². The standard InChI is InChI=1S/C33H55NO8/c1-21(2)24(17-23-13-14-27(39-11)29(18-23)40-16-12-15-38-10)19-26-28(20-25(22(3)4)30(35)36)41-33(8,9)34(26)31(37)42-32(5,6)7/h13-14,18,21-22,24-26,28H,12,15-17,19-20H2,1-11H3,(H,35,36)/t24-,25-,26-,28-/m0/s1. The summed E-state index contributed by atoms with van der Waals surface area (Å²) in [6, 6.07) is 5.65. The monoisotopic (exact) mass is 593 g/mol. The van der Waals surface area contributed by atoms with Crippen LogP contribution in [-0.2, 0) is 25.4 Å². The van der Waals surface area contributed by atoms with Crippen LogP contribution in [0.25, 0.3) is 0 Å². The molecule has 0 spiro atoms. The smallest absolute Gasteiger partial charge is 0.412 e. The Kier molecular flexibility index (Phi) is 13.0. The molecule has 2 rings (SSSR count). The number of carbonyl (C=O) groups excluding carboxylic acids is 1. The number of aliphatic carboxylic acids is 1. The molecule has 0 unspecified atom stereocenters. The lowest BCUT2D eigenvalue weighted by atomic mass is 9.80. The molecule has 1 saturated heterocycles. The molecule has 1 aliphatic rings. The lowest BCUT2D eigenvalue weighted by molar-refractivity contribution is -0.146. The van der Waals surface area contributed by atoms with Gasteiger partial charge in [0.25, 0.3) is 0 Å². The van der Waals surface area contributed by atoms with Gasteiger partial charge in [-0.2, -0.15) is 0 Å². The minimum Gasteiger partial charge on any atom is -0.493 e. The van der Waals surface area contributed by atoms with Crippen LogP contribution in [-0.4, -0.2) is 73.0 Å². The van der Waals surface area contributed by atoms with E-state index in [9.17, 15) is 14.7 Å². The summed E-state index contributed by atoms with van der Waals surface area (Å²) in [6.45, 7) is 18.6. The molecule has 0 radical (unpaired) electrons. The van der Waals surface area contributed by atoms with Crippen LogP contribution in [0.3, 0.4) is 0 Å². The molecule has 1 aliphatic heterocycles. The van der Waals surface area contributed by atoms with Gasteiger partial charge in [0.05, 0.1) is 31.8 Å². The van der Waals surface area contributed by atoms with Crippen LogP contribution in [0.1, 0.15) is 87.1 Å². The van der Waals surface area contributed by atoms with E-state index < -0.39 is 35.4 Å². The van der Waals surface area contributed by atoms with Crippen molar-refractivity contribution < 1.29 is 38.4 Å². The Hall–Kier alpha value is -2.52. The molecule has 1 heterocycles. The number of carbonyl (C=O) groups is 2. The molecule has 9 nitrogen and oxygen atoms in total. The second-order valence-electron chi connectivity index (χ2n) is 13.6. The van der Waals surface area contributed by atoms with E-state index in [0.29, 0.717) is 37.6 Å². The lowest BCUT2D eigenvalue weighted by Gasteiger charge is -2.37. The minimum absolute atomic E-state index is 0.0760. The Balaban J connectivity index is 2.42. The zero-order chi connectivity index (χ0) is 31.8. The van der Waals surface area contributed by atoms with Crippen molar-refractivity contribution in [1.82, 2.24) is 4.90 Å². The predicted octanol–water partition coefficient (Wildman–Crippen LogP) is 6.80. The molecule has 1 N–H and O–H groups in total. The minimum atomic E-state index is -0.956. The predicted molar refractivity (Wildman–Crippen MR) is 163 cm³/mol. The van der Waals surface area contributed by atoms with E-state index in [4.69, 9.17) is 23.7 Å². The quantitative estimate of drug-likeness (QED) is 0.221. The molecule has 9 heteroatoms. The molecule has 1 aromatic carbocycles. The van der Waals surface area contributed by atoms with E-state index in [-0.39, 0.29) is 23.8 Å². The SMILES string of the molecule is COCCCOc1cc(C[C@@H](C[C@H]2[C@H](C[C@H](C(=O)O)C(C)C)OC(C)(C)N2C(=O)OC(C)(C)C)C(C)C)ccc1OC. The van der Waals surface area contributed by atoms with Crippen molar-refractivity contribution in [3.8, 4) is 11.5 Å². The first kappa shape index (κ1) is 35.7. The Morgan fingerprint density at radius 1 is 1.02 bits per heavy atom. The lowest BCUT2D eigenvalue weighted by Crippen LogP contribution is -2.51. The summed E-state index contributed by atoms with van der Waals surface area (Å²) in [5.74, 6) is 0.288. The van der Waals surface area contributed by atoms with Gasteiger partial charge >= 0.3 is 12.1 Å². The number of hydrogen-bond acceptors (Lipinski definition) is 7. The van der Waals surface area contributed by atoms with Crippen LogP contribution in [0.15, 0.2) is 18.2 Å². The molecule has 0 aliphatic carbocycles. The first-order valence-electron chi connectivity index (χ1n) is 15.2. The molecule has 0 bridgehead atoms. The largest absolute Gasteiger partial charge is 0.493 e. The number of nitrogens with zero attached hydrogens (tertiary/aromatic N) is 1. The fourth-order valence-corrected chi connectivity index (χ4v) is 5.66. The molecule has 0 aromatic heterocycles. The van der Waals surface area contributed by atoms with Gasteiger partial charge in [-0.1, -0.05) is 33.8 Å². The first-order valence-corrected chi connectivity index (χ1v) is 15.2. The van der Waals surface area contributed by atoms with Crippen LogP contribution >= 0.6 is 0 Å². The Labute approximate surface area is 253 Å². The van der Waals surface area contributed by atoms with Crippen LogP contribution < -0.4 is 9.47 Å². The average molecular weight is 594 g/mol. The average Bonchev–Trinajstić information content (AvgIpc) is 3.12. The molecule has 1 fully saturated rings. The van der Waals surface area contributed by atoms with Gasteiger partial charge in [-0.3, -0.25) is 9.69 Å². The molecule has 1 amide bonds. The highest BCUT2D eigenvalue weighted by Crippen LogP contribution is 2.41. The van der Waals surface area contributed by atoms with Crippen molar-refractivity contribution in [2.45, 2.75) is 111 Å². The molecule has 1 aromatic rings. The van der Waals surface area contributed by atoms with Gasteiger partial charge in [0, 0.05) is 20.1 Å². The number of hydrogen-bond donors (Lipinski definition) is 1. The summed E-state index contributed by atoms with van der Waals surface area (Å²) < 4.78 is 29.0. The van der Waals surface area contributed by atoms with Gasteiger partial charge in [0.2, 0.25) is 0 Å². The van der Waals surface area contributed by atoms with Crippen LogP contribution in [0.4, 0.5) is 4.79 Å². The summed E-state index contributed by atoms with van der Waals surface area (Å²) in [4.78, 5) is 27.5. The fourth-order valence-electron chi connectivity index (χ4n) is 5.66. The third kappa shape index (κ3) is 10.0. The molecular formula is C33H55NO8. The molecule has 4 atom stereocenters. The zero-order valence-electron chi connectivity index (χ0n) is 27.7. The van der Waals surface area contributed by atoms with Gasteiger partial charge in [0.15, 0.2) is 11.5 Å². The number of amides is 1. The number of methoxy groups -OCH3 is 2. The summed E-state index contributed by atoms with van der Waals surface area (Å²) >= 11 is 0. The van der Waals surface area contributed by atoms with Crippen LogP contribution in [0, 0.1) is 23.7 Å². The zero-order valence-corrected chi connectivity index (χ0v) is 27.7. The van der Waals surface area contributed by atoms with Crippen LogP contribution in [0.2, 0.25) is 0 Å². The Bertz CT molecular complexity index is 1020. The van der Waals surface area contributed by atoms with Gasteiger partial charge < -0.3 is 28.8 Å². The van der Waals surface area contributed by atoms with Crippen LogP contribution in [0.5, 0.6) is 11.5 Å². The van der Waals surface area contributed by atoms with E-state index in [1.807, 2.05) is 66.7 Å². The maximum absolute atomic E-state index is 13.6. The first-order chi connectivity index (χ1) is 19.5. The van der Waals surface area contributed by atoms with Gasteiger partial charge in [-0.25, -0.2) is 4.79 Å². The maximum atomic E-state index is 13.6. The van der Waals surface area contributed by atoms with E-state index in [2.05, 4.69) is 13.8 Å². The van der Waals surface area contributed by atoms with E-state index in [1.54, 1.807) is 19.1 Å². The van der Waals surface area contributed by atoms with Crippen molar-refractivity contribution in [1.29, 1.82) is 0 Å². The molecular weight excluding hydrogens is 538 g/mol. The molecule has 240 valence electrons. The number of ether oxygens (including phenoxy) is 5. The Morgan fingerprint density at radius 2 is 1.69 bits per heavy atom. The van der Waals surface area contributed by atoms with Crippen molar-refractivity contribution in [2.24, 2.45) is 23.7 Å². The van der Waals surface area contributed by atoms with E-state index in [1.165, 1.54) is 0 Å². The number of benzene rings is 1. The summed E-state index contributed by atoms with van der Waals surface area (Å²) in [5, 5.41) is 9.98. The molecule has 0 saturated carbocycles. The highest BCUT2D eigenvalue weighted by molar-refractivity contribution is 5.71. The Morgan fingerprint density at radius 3 is 2.21 bits per heavy atom. The number of carboxylic acid groups (broad SMARTS) is 1. The summed E-state index contributed by atoms with van der Waals surface area (Å²) in [5.41, 5.74) is -0.541. The number of rotatable bonds is 15. The van der Waals surface area contributed by atoms with Crippen molar-refractivity contribution in [3.63, 3.8) is 0 Å².